The number of benzene rings is 1. The van der Waals surface area contributed by atoms with E-state index in [2.05, 4.69) is 31.4 Å². The highest BCUT2D eigenvalue weighted by molar-refractivity contribution is 5.80. The molecule has 0 fully saturated rings. The Morgan fingerprint density at radius 2 is 1.95 bits per heavy atom. The minimum absolute atomic E-state index is 0.0389. The highest BCUT2D eigenvalue weighted by atomic mass is 16.5. The maximum Gasteiger partial charge on any atom is 0.260 e. The number of carbonyl (C=O) groups is 1. The lowest BCUT2D eigenvalue weighted by Gasteiger charge is -2.22. The molecule has 0 heterocycles. The van der Waals surface area contributed by atoms with E-state index in [1.165, 1.54) is 0 Å². The van der Waals surface area contributed by atoms with Crippen LogP contribution in [-0.4, -0.2) is 24.1 Å². The maximum absolute atomic E-state index is 11.9. The van der Waals surface area contributed by atoms with Crippen LogP contribution in [0.2, 0.25) is 0 Å². The van der Waals surface area contributed by atoms with Crippen molar-refractivity contribution in [2.75, 3.05) is 6.54 Å². The Morgan fingerprint density at radius 3 is 2.57 bits per heavy atom. The molecule has 1 rings (SSSR count). The molecule has 21 heavy (non-hydrogen) atoms. The second-order valence-electron chi connectivity index (χ2n) is 6.26. The van der Waals surface area contributed by atoms with E-state index in [9.17, 15) is 4.79 Å². The van der Waals surface area contributed by atoms with Crippen molar-refractivity contribution < 1.29 is 9.53 Å². The lowest BCUT2D eigenvalue weighted by molar-refractivity contribution is -0.127. The van der Waals surface area contributed by atoms with Gasteiger partial charge in [0, 0.05) is 24.2 Å². The number of ether oxygens (including phenoxy) is 1. The van der Waals surface area contributed by atoms with E-state index in [0.29, 0.717) is 13.1 Å². The predicted molar refractivity (Wildman–Crippen MR) is 86.4 cm³/mol. The van der Waals surface area contributed by atoms with Crippen LogP contribution in [0, 0.1) is 0 Å². The van der Waals surface area contributed by atoms with Crippen molar-refractivity contribution in [1.29, 1.82) is 0 Å². The monoisotopic (exact) mass is 292 g/mol. The van der Waals surface area contributed by atoms with Gasteiger partial charge in [-0.1, -0.05) is 25.1 Å². The molecule has 0 radical (unpaired) electrons. The van der Waals surface area contributed by atoms with Gasteiger partial charge in [0.25, 0.3) is 5.91 Å². The van der Waals surface area contributed by atoms with Gasteiger partial charge in [-0.25, -0.2) is 0 Å². The van der Waals surface area contributed by atoms with Crippen LogP contribution >= 0.6 is 0 Å². The fourth-order valence-electron chi connectivity index (χ4n) is 1.76. The Labute approximate surface area is 128 Å². The van der Waals surface area contributed by atoms with E-state index in [4.69, 9.17) is 4.74 Å². The van der Waals surface area contributed by atoms with Crippen molar-refractivity contribution in [1.82, 2.24) is 10.6 Å². The molecule has 1 atom stereocenters. The Balaban J connectivity index is 2.68. The summed E-state index contributed by atoms with van der Waals surface area (Å²) in [4.78, 5) is 11.9. The van der Waals surface area contributed by atoms with E-state index in [1.54, 1.807) is 6.92 Å². The summed E-state index contributed by atoms with van der Waals surface area (Å²) in [6, 6.07) is 7.83. The summed E-state index contributed by atoms with van der Waals surface area (Å²) in [5.74, 6) is 0.684. The van der Waals surface area contributed by atoms with Gasteiger partial charge in [0.1, 0.15) is 5.75 Å². The van der Waals surface area contributed by atoms with Crippen molar-refractivity contribution >= 4 is 5.91 Å². The molecule has 118 valence electrons. The van der Waals surface area contributed by atoms with Gasteiger partial charge in [-0.3, -0.25) is 4.79 Å². The lowest BCUT2D eigenvalue weighted by Crippen LogP contribution is -2.37. The van der Waals surface area contributed by atoms with Crippen LogP contribution in [0.1, 0.15) is 46.6 Å². The van der Waals surface area contributed by atoms with Crippen molar-refractivity contribution in [2.45, 2.75) is 59.2 Å². The molecule has 1 amide bonds. The molecule has 0 spiro atoms. The van der Waals surface area contributed by atoms with Crippen LogP contribution in [0.4, 0.5) is 0 Å². The SMILES string of the molecule is CCCNC(=O)C(C)Oc1ccccc1CNC(C)(C)C. The second-order valence-corrected chi connectivity index (χ2v) is 6.26. The summed E-state index contributed by atoms with van der Waals surface area (Å²) in [7, 11) is 0. The third-order valence-electron chi connectivity index (χ3n) is 3.00. The molecule has 2 N–H and O–H groups in total. The third kappa shape index (κ3) is 6.63. The molecular weight excluding hydrogens is 264 g/mol. The maximum atomic E-state index is 11.9. The highest BCUT2D eigenvalue weighted by Crippen LogP contribution is 2.20. The van der Waals surface area contributed by atoms with E-state index in [1.807, 2.05) is 31.2 Å². The van der Waals surface area contributed by atoms with Gasteiger partial charge in [0.05, 0.1) is 0 Å². The van der Waals surface area contributed by atoms with Gasteiger partial charge in [-0.2, -0.15) is 0 Å². The van der Waals surface area contributed by atoms with Crippen LogP contribution in [0.25, 0.3) is 0 Å². The summed E-state index contributed by atoms with van der Waals surface area (Å²) >= 11 is 0. The molecule has 0 aliphatic heterocycles. The fourth-order valence-corrected chi connectivity index (χ4v) is 1.76. The summed E-state index contributed by atoms with van der Waals surface area (Å²) in [5, 5.41) is 6.28. The van der Waals surface area contributed by atoms with Crippen molar-refractivity contribution in [3.8, 4) is 5.75 Å². The Hall–Kier alpha value is -1.55. The molecule has 0 aromatic heterocycles. The molecule has 0 aliphatic rings. The van der Waals surface area contributed by atoms with Crippen LogP contribution < -0.4 is 15.4 Å². The zero-order valence-electron chi connectivity index (χ0n) is 13.8. The van der Waals surface area contributed by atoms with E-state index < -0.39 is 6.10 Å². The first-order valence-electron chi connectivity index (χ1n) is 7.61. The van der Waals surface area contributed by atoms with Crippen molar-refractivity contribution in [2.24, 2.45) is 0 Å². The van der Waals surface area contributed by atoms with Crippen LogP contribution in [0.5, 0.6) is 5.75 Å². The van der Waals surface area contributed by atoms with Crippen LogP contribution in [-0.2, 0) is 11.3 Å². The zero-order chi connectivity index (χ0) is 15.9. The first kappa shape index (κ1) is 17.5. The first-order chi connectivity index (χ1) is 9.83. The van der Waals surface area contributed by atoms with Gasteiger partial charge in [0.15, 0.2) is 6.10 Å². The molecule has 1 unspecified atom stereocenters. The number of amides is 1. The highest BCUT2D eigenvalue weighted by Gasteiger charge is 2.16. The number of nitrogens with one attached hydrogen (secondary N) is 2. The minimum atomic E-state index is -0.493. The Morgan fingerprint density at radius 1 is 1.29 bits per heavy atom. The van der Waals surface area contributed by atoms with E-state index in [0.717, 1.165) is 17.7 Å². The van der Waals surface area contributed by atoms with Gasteiger partial charge in [-0.05, 0) is 40.2 Å². The molecule has 4 heteroatoms. The number of rotatable bonds is 7. The number of hydrogen-bond donors (Lipinski definition) is 2. The standard InChI is InChI=1S/C17H28N2O2/c1-6-11-18-16(20)13(2)21-15-10-8-7-9-14(15)12-19-17(3,4)5/h7-10,13,19H,6,11-12H2,1-5H3,(H,18,20). The van der Waals surface area contributed by atoms with Crippen molar-refractivity contribution in [3.05, 3.63) is 29.8 Å². The fraction of sp³-hybridized carbons (Fsp3) is 0.588. The van der Waals surface area contributed by atoms with E-state index in [-0.39, 0.29) is 11.4 Å². The minimum Gasteiger partial charge on any atom is -0.481 e. The van der Waals surface area contributed by atoms with Crippen molar-refractivity contribution in [3.63, 3.8) is 0 Å². The normalized spacial score (nSPS) is 12.8. The molecule has 0 aliphatic carbocycles. The molecule has 0 bridgehead atoms. The summed E-state index contributed by atoms with van der Waals surface area (Å²) in [5.41, 5.74) is 1.10. The summed E-state index contributed by atoms with van der Waals surface area (Å²) in [6.07, 6.45) is 0.428. The smallest absolute Gasteiger partial charge is 0.260 e. The van der Waals surface area contributed by atoms with Gasteiger partial charge < -0.3 is 15.4 Å². The number of carbonyl (C=O) groups excluding carboxylic acids is 1. The predicted octanol–water partition coefficient (Wildman–Crippen LogP) is 2.87. The third-order valence-corrected chi connectivity index (χ3v) is 3.00. The zero-order valence-corrected chi connectivity index (χ0v) is 13.8. The average molecular weight is 292 g/mol. The van der Waals surface area contributed by atoms with Gasteiger partial charge in [0.2, 0.25) is 0 Å². The quantitative estimate of drug-likeness (QED) is 0.812. The largest absolute Gasteiger partial charge is 0.481 e. The molecule has 1 aromatic carbocycles. The molecular formula is C17H28N2O2. The van der Waals surface area contributed by atoms with Gasteiger partial charge >= 0.3 is 0 Å². The molecule has 1 aromatic rings. The molecule has 0 saturated heterocycles. The topological polar surface area (TPSA) is 50.4 Å². The van der Waals surface area contributed by atoms with Crippen LogP contribution in [0.3, 0.4) is 0 Å². The van der Waals surface area contributed by atoms with Crippen LogP contribution in [0.15, 0.2) is 24.3 Å². The summed E-state index contributed by atoms with van der Waals surface area (Å²) in [6.45, 7) is 11.6. The van der Waals surface area contributed by atoms with E-state index >= 15 is 0 Å². The number of hydrogen-bond acceptors (Lipinski definition) is 3. The second kappa shape index (κ2) is 8.03. The summed E-state index contributed by atoms with van der Waals surface area (Å²) < 4.78 is 5.82. The Kier molecular flexibility index (Phi) is 6.69. The molecule has 0 saturated carbocycles. The number of para-hydroxylation sites is 1. The molecule has 4 nitrogen and oxygen atoms in total. The van der Waals surface area contributed by atoms with Gasteiger partial charge in [-0.15, -0.1) is 0 Å². The Bertz CT molecular complexity index is 452. The lowest BCUT2D eigenvalue weighted by atomic mass is 10.1. The first-order valence-corrected chi connectivity index (χ1v) is 7.61. The average Bonchev–Trinajstić information content (AvgIpc) is 2.42.